The van der Waals surface area contributed by atoms with Gasteiger partial charge in [0.2, 0.25) is 15.9 Å². The highest BCUT2D eigenvalue weighted by Crippen LogP contribution is 2.27. The van der Waals surface area contributed by atoms with Crippen LogP contribution in [0, 0.1) is 26.7 Å². The molecule has 0 bridgehead atoms. The molecule has 2 aromatic rings. The number of benzene rings is 2. The fourth-order valence-electron chi connectivity index (χ4n) is 3.91. The number of amides is 1. The van der Waals surface area contributed by atoms with Crippen molar-refractivity contribution < 1.29 is 13.2 Å². The van der Waals surface area contributed by atoms with Gasteiger partial charge in [0, 0.05) is 23.8 Å². The van der Waals surface area contributed by atoms with Crippen LogP contribution in [-0.4, -0.2) is 31.7 Å². The van der Waals surface area contributed by atoms with E-state index >= 15 is 0 Å². The molecule has 29 heavy (non-hydrogen) atoms. The monoisotopic (exact) mass is 434 g/mol. The minimum atomic E-state index is -3.55. The van der Waals surface area contributed by atoms with Gasteiger partial charge in [-0.3, -0.25) is 4.79 Å². The summed E-state index contributed by atoms with van der Waals surface area (Å²) < 4.78 is 27.3. The molecule has 2 aromatic carbocycles. The van der Waals surface area contributed by atoms with Crippen LogP contribution in [0.25, 0.3) is 0 Å². The first-order valence-electron chi connectivity index (χ1n) is 9.77. The summed E-state index contributed by atoms with van der Waals surface area (Å²) in [4.78, 5) is 12.9. The predicted octanol–water partition coefficient (Wildman–Crippen LogP) is 4.45. The van der Waals surface area contributed by atoms with Crippen molar-refractivity contribution in [2.24, 2.45) is 5.92 Å². The molecule has 1 saturated heterocycles. The Bertz CT molecular complexity index is 997. The van der Waals surface area contributed by atoms with E-state index in [1.165, 1.54) is 4.31 Å². The van der Waals surface area contributed by atoms with E-state index in [2.05, 4.69) is 5.32 Å². The fourth-order valence-corrected chi connectivity index (χ4v) is 5.84. The van der Waals surface area contributed by atoms with Crippen molar-refractivity contribution in [3.05, 3.63) is 63.7 Å². The minimum Gasteiger partial charge on any atom is -0.325 e. The van der Waals surface area contributed by atoms with Crippen LogP contribution in [0.5, 0.6) is 0 Å². The van der Waals surface area contributed by atoms with Crippen molar-refractivity contribution in [1.29, 1.82) is 0 Å². The van der Waals surface area contributed by atoms with Crippen LogP contribution in [0.3, 0.4) is 0 Å². The first kappa shape index (κ1) is 21.8. The second-order valence-corrected chi connectivity index (χ2v) is 10.2. The van der Waals surface area contributed by atoms with Gasteiger partial charge in [-0.25, -0.2) is 12.7 Å². The molecule has 0 unspecified atom stereocenters. The number of anilines is 1. The highest BCUT2D eigenvalue weighted by Gasteiger charge is 2.33. The van der Waals surface area contributed by atoms with Crippen molar-refractivity contribution >= 4 is 33.2 Å². The lowest BCUT2D eigenvalue weighted by molar-refractivity contribution is -0.120. The van der Waals surface area contributed by atoms with Gasteiger partial charge < -0.3 is 5.32 Å². The largest absolute Gasteiger partial charge is 0.325 e. The molecule has 3 rings (SSSR count). The van der Waals surface area contributed by atoms with Crippen molar-refractivity contribution in [2.45, 2.75) is 39.4 Å². The van der Waals surface area contributed by atoms with E-state index < -0.39 is 10.0 Å². The van der Waals surface area contributed by atoms with Gasteiger partial charge in [0.1, 0.15) is 0 Å². The number of rotatable bonds is 5. The summed E-state index contributed by atoms with van der Waals surface area (Å²) in [5.74, 6) is -0.653. The topological polar surface area (TPSA) is 66.5 Å². The number of nitrogens with one attached hydrogen (secondary N) is 1. The average Bonchev–Trinajstić information content (AvgIpc) is 2.66. The maximum atomic E-state index is 12.9. The van der Waals surface area contributed by atoms with Gasteiger partial charge in [0.15, 0.2) is 0 Å². The molecule has 0 aromatic heterocycles. The number of carbonyl (C=O) groups is 1. The van der Waals surface area contributed by atoms with Crippen molar-refractivity contribution in [3.8, 4) is 0 Å². The van der Waals surface area contributed by atoms with E-state index in [1.807, 2.05) is 32.9 Å². The maximum Gasteiger partial charge on any atom is 0.228 e. The first-order chi connectivity index (χ1) is 13.7. The van der Waals surface area contributed by atoms with Gasteiger partial charge in [-0.1, -0.05) is 47.5 Å². The third kappa shape index (κ3) is 5.18. The lowest BCUT2D eigenvalue weighted by atomic mass is 9.98. The van der Waals surface area contributed by atoms with E-state index in [1.54, 1.807) is 24.3 Å². The molecule has 156 valence electrons. The molecule has 1 heterocycles. The Morgan fingerprint density at radius 3 is 2.48 bits per heavy atom. The Morgan fingerprint density at radius 2 is 1.83 bits per heavy atom. The SMILES string of the molecule is Cc1cc(C)c(NC(=O)[C@@H]2CCCN(S(=O)(=O)Cc3ccccc3Cl)C2)c(C)c1. The zero-order valence-electron chi connectivity index (χ0n) is 17.0. The molecule has 1 amide bonds. The zero-order chi connectivity index (χ0) is 21.2. The second-order valence-electron chi connectivity index (χ2n) is 7.81. The van der Waals surface area contributed by atoms with Gasteiger partial charge in [-0.05, 0) is 56.4 Å². The Kier molecular flexibility index (Phi) is 6.66. The molecule has 1 fully saturated rings. The van der Waals surface area contributed by atoms with Crippen molar-refractivity contribution in [3.63, 3.8) is 0 Å². The van der Waals surface area contributed by atoms with Gasteiger partial charge in [0.25, 0.3) is 0 Å². The van der Waals surface area contributed by atoms with Crippen LogP contribution in [-0.2, 0) is 20.6 Å². The van der Waals surface area contributed by atoms with Crippen LogP contribution in [0.2, 0.25) is 5.02 Å². The van der Waals surface area contributed by atoms with Crippen LogP contribution >= 0.6 is 11.6 Å². The molecule has 1 atom stereocenters. The summed E-state index contributed by atoms with van der Waals surface area (Å²) in [5, 5.41) is 3.46. The van der Waals surface area contributed by atoms with E-state index in [0.29, 0.717) is 30.0 Å². The Hall–Kier alpha value is -1.89. The Balaban J connectivity index is 1.72. The fraction of sp³-hybridized carbons (Fsp3) is 0.409. The number of halogens is 1. The Labute approximate surface area is 178 Å². The number of piperidine rings is 1. The summed E-state index contributed by atoms with van der Waals surface area (Å²) in [6.45, 7) is 6.59. The van der Waals surface area contributed by atoms with E-state index in [4.69, 9.17) is 11.6 Å². The number of carbonyl (C=O) groups excluding carboxylic acids is 1. The van der Waals surface area contributed by atoms with Gasteiger partial charge in [-0.2, -0.15) is 0 Å². The predicted molar refractivity (Wildman–Crippen MR) is 118 cm³/mol. The van der Waals surface area contributed by atoms with Gasteiger partial charge in [0.05, 0.1) is 11.7 Å². The third-order valence-corrected chi connectivity index (χ3v) is 7.53. The number of hydrogen-bond acceptors (Lipinski definition) is 3. The molecule has 0 aliphatic carbocycles. The molecule has 1 aliphatic rings. The summed E-state index contributed by atoms with van der Waals surface area (Å²) in [6.07, 6.45) is 1.33. The number of sulfonamides is 1. The van der Waals surface area contributed by atoms with Crippen molar-refractivity contribution in [2.75, 3.05) is 18.4 Å². The molecule has 0 saturated carbocycles. The second kappa shape index (κ2) is 8.86. The standard InChI is InChI=1S/C22H27ClN2O3S/c1-15-11-16(2)21(17(3)12-15)24-22(26)18-8-6-10-25(13-18)29(27,28)14-19-7-4-5-9-20(19)23/h4-5,7,9,11-12,18H,6,8,10,13-14H2,1-3H3,(H,24,26)/t18-/m1/s1. The maximum absolute atomic E-state index is 12.9. The van der Waals surface area contributed by atoms with Crippen LogP contribution < -0.4 is 5.32 Å². The number of aryl methyl sites for hydroxylation is 3. The van der Waals surface area contributed by atoms with Crippen LogP contribution in [0.4, 0.5) is 5.69 Å². The summed E-state index contributed by atoms with van der Waals surface area (Å²) in [7, 11) is -3.55. The average molecular weight is 435 g/mol. The van der Waals surface area contributed by atoms with Gasteiger partial charge in [-0.15, -0.1) is 0 Å². The van der Waals surface area contributed by atoms with Crippen LogP contribution in [0.15, 0.2) is 36.4 Å². The van der Waals surface area contributed by atoms with Crippen molar-refractivity contribution in [1.82, 2.24) is 4.31 Å². The minimum absolute atomic E-state index is 0.127. The molecule has 1 aliphatic heterocycles. The highest BCUT2D eigenvalue weighted by atomic mass is 35.5. The zero-order valence-corrected chi connectivity index (χ0v) is 18.6. The molecular formula is C22H27ClN2O3S. The quantitative estimate of drug-likeness (QED) is 0.756. The van der Waals surface area contributed by atoms with Gasteiger partial charge >= 0.3 is 0 Å². The smallest absolute Gasteiger partial charge is 0.228 e. The summed E-state index contributed by atoms with van der Waals surface area (Å²) in [6, 6.07) is 11.0. The number of nitrogens with zero attached hydrogens (tertiary/aromatic N) is 1. The normalized spacial score (nSPS) is 17.9. The molecule has 5 nitrogen and oxygen atoms in total. The summed E-state index contributed by atoms with van der Waals surface area (Å²) in [5.41, 5.74) is 4.56. The highest BCUT2D eigenvalue weighted by molar-refractivity contribution is 7.88. The third-order valence-electron chi connectivity index (χ3n) is 5.37. The molecule has 0 spiro atoms. The van der Waals surface area contributed by atoms with E-state index in [-0.39, 0.29) is 24.1 Å². The Morgan fingerprint density at radius 1 is 1.17 bits per heavy atom. The van der Waals surface area contributed by atoms with E-state index in [0.717, 1.165) is 22.4 Å². The molecule has 1 N–H and O–H groups in total. The van der Waals surface area contributed by atoms with Crippen LogP contribution in [0.1, 0.15) is 35.1 Å². The lowest BCUT2D eigenvalue weighted by Crippen LogP contribution is -2.44. The van der Waals surface area contributed by atoms with E-state index in [9.17, 15) is 13.2 Å². The summed E-state index contributed by atoms with van der Waals surface area (Å²) >= 11 is 6.13. The first-order valence-corrected chi connectivity index (χ1v) is 11.8. The molecular weight excluding hydrogens is 408 g/mol. The lowest BCUT2D eigenvalue weighted by Gasteiger charge is -2.31. The molecule has 0 radical (unpaired) electrons. The molecule has 7 heteroatoms. The number of hydrogen-bond donors (Lipinski definition) is 1.